The number of anilines is 1. The average Bonchev–Trinajstić information content (AvgIpc) is 3.06. The number of nitrogens with one attached hydrogen (secondary N) is 2. The van der Waals surface area contributed by atoms with Crippen molar-refractivity contribution >= 4 is 29.2 Å². The Morgan fingerprint density at radius 3 is 2.55 bits per heavy atom. The first kappa shape index (κ1) is 29.9. The number of hydrogen-bond acceptors (Lipinski definition) is 6. The number of ether oxygens (including phenoxy) is 1. The van der Waals surface area contributed by atoms with Crippen LogP contribution in [0, 0.1) is 0 Å². The molecule has 2 unspecified atom stereocenters. The van der Waals surface area contributed by atoms with Crippen molar-refractivity contribution in [2.75, 3.05) is 11.4 Å². The van der Waals surface area contributed by atoms with E-state index in [1.807, 2.05) is 10.2 Å². The van der Waals surface area contributed by atoms with Crippen LogP contribution in [0.4, 0.5) is 19.0 Å². The molecule has 12 heteroatoms. The van der Waals surface area contributed by atoms with Gasteiger partial charge < -0.3 is 25.4 Å². The number of nitrogens with zero attached hydrogens (tertiary/aromatic N) is 2. The molecule has 0 radical (unpaired) electrons. The molecule has 2 aromatic rings. The van der Waals surface area contributed by atoms with Crippen molar-refractivity contribution in [3.05, 3.63) is 52.7 Å². The van der Waals surface area contributed by atoms with Crippen LogP contribution in [0.5, 0.6) is 5.75 Å². The van der Waals surface area contributed by atoms with E-state index in [4.69, 9.17) is 16.3 Å². The topological polar surface area (TPSA) is 104 Å². The molecule has 2 amide bonds. The second kappa shape index (κ2) is 10.7. The molecule has 1 aromatic carbocycles. The Bertz CT molecular complexity index is 1280. The number of halogens is 4. The summed E-state index contributed by atoms with van der Waals surface area (Å²) in [7, 11) is 0. The molecule has 2 bridgehead atoms. The van der Waals surface area contributed by atoms with Crippen LogP contribution in [-0.2, 0) is 10.4 Å². The zero-order valence-corrected chi connectivity index (χ0v) is 23.6. The maximum Gasteiger partial charge on any atom is 0.405 e. The van der Waals surface area contributed by atoms with Gasteiger partial charge in [-0.1, -0.05) is 17.7 Å². The van der Waals surface area contributed by atoms with E-state index in [0.29, 0.717) is 24.8 Å². The standard InChI is InChI=1S/C28H34ClF3N4O4/c1-25(2,39)17-9-10-21(20(29)15-17)40-26(3,4)24(38)35-27-12-5-7-18(11-13-27)36(27)22-19(8-6-14-33-22)23(37)34-16-28(30,31)32/h6,8-10,14-15,18,39H,5,7,11-13,16H2,1-4H3,(H,34,37)(H,35,38). The summed E-state index contributed by atoms with van der Waals surface area (Å²) in [6.07, 6.45) is 0.377. The summed E-state index contributed by atoms with van der Waals surface area (Å²) in [6, 6.07) is 7.73. The number of piperidine rings is 1. The highest BCUT2D eigenvalue weighted by atomic mass is 35.5. The van der Waals surface area contributed by atoms with Gasteiger partial charge in [-0.15, -0.1) is 0 Å². The van der Waals surface area contributed by atoms with Crippen LogP contribution in [0.15, 0.2) is 36.5 Å². The minimum absolute atomic E-state index is 0.00774. The summed E-state index contributed by atoms with van der Waals surface area (Å²) in [5.74, 6) is -0.819. The Morgan fingerprint density at radius 1 is 1.18 bits per heavy atom. The van der Waals surface area contributed by atoms with Crippen LogP contribution < -0.4 is 20.3 Å². The van der Waals surface area contributed by atoms with Gasteiger partial charge in [-0.05, 0) is 89.6 Å². The fraction of sp³-hybridized carbons (Fsp3) is 0.536. The van der Waals surface area contributed by atoms with E-state index >= 15 is 0 Å². The van der Waals surface area contributed by atoms with Crippen molar-refractivity contribution in [2.45, 2.75) is 88.9 Å². The minimum Gasteiger partial charge on any atom is -0.476 e. The van der Waals surface area contributed by atoms with Gasteiger partial charge in [0.05, 0.1) is 16.2 Å². The molecule has 40 heavy (non-hydrogen) atoms. The van der Waals surface area contributed by atoms with E-state index < -0.39 is 41.4 Å². The molecule has 2 atom stereocenters. The molecule has 218 valence electrons. The van der Waals surface area contributed by atoms with Gasteiger partial charge in [0.1, 0.15) is 23.8 Å². The van der Waals surface area contributed by atoms with Crippen LogP contribution in [0.1, 0.15) is 75.7 Å². The van der Waals surface area contributed by atoms with Gasteiger partial charge >= 0.3 is 6.18 Å². The number of rotatable bonds is 8. The lowest BCUT2D eigenvalue weighted by Crippen LogP contribution is -2.65. The smallest absolute Gasteiger partial charge is 0.405 e. The van der Waals surface area contributed by atoms with Gasteiger partial charge in [0.15, 0.2) is 5.60 Å². The van der Waals surface area contributed by atoms with E-state index in [1.165, 1.54) is 18.3 Å². The van der Waals surface area contributed by atoms with Crippen molar-refractivity contribution in [3.63, 3.8) is 0 Å². The van der Waals surface area contributed by atoms with E-state index in [0.717, 1.165) is 12.8 Å². The number of carbonyl (C=O) groups is 2. The molecule has 4 rings (SSSR count). The average molecular weight is 583 g/mol. The second-order valence-electron chi connectivity index (χ2n) is 11.4. The van der Waals surface area contributed by atoms with E-state index in [2.05, 4.69) is 10.3 Å². The molecule has 2 aliphatic heterocycles. The van der Waals surface area contributed by atoms with Crippen molar-refractivity contribution in [1.29, 1.82) is 0 Å². The molecule has 2 fully saturated rings. The monoisotopic (exact) mass is 582 g/mol. The summed E-state index contributed by atoms with van der Waals surface area (Å²) in [6.45, 7) is 5.02. The van der Waals surface area contributed by atoms with Crippen LogP contribution in [0.3, 0.4) is 0 Å². The number of benzene rings is 1. The van der Waals surface area contributed by atoms with Gasteiger partial charge in [0, 0.05) is 12.2 Å². The van der Waals surface area contributed by atoms with Crippen molar-refractivity contribution in [2.24, 2.45) is 0 Å². The number of aliphatic hydroxyl groups is 1. The Hall–Kier alpha value is -3.05. The summed E-state index contributed by atoms with van der Waals surface area (Å²) >= 11 is 6.41. The SMILES string of the molecule is CC(C)(Oc1ccc(C(C)(C)O)cc1Cl)C(=O)NC12CCCC(CC1)N2c1ncccc1C(=O)NCC(F)(F)F. The predicted molar refractivity (Wildman–Crippen MR) is 144 cm³/mol. The zero-order valence-electron chi connectivity index (χ0n) is 22.9. The minimum atomic E-state index is -4.56. The summed E-state index contributed by atoms with van der Waals surface area (Å²) in [5, 5.41) is 15.6. The van der Waals surface area contributed by atoms with Crippen molar-refractivity contribution < 1.29 is 32.6 Å². The molecule has 1 aromatic heterocycles. The Kier molecular flexibility index (Phi) is 8.03. The van der Waals surface area contributed by atoms with Gasteiger partial charge in [-0.25, -0.2) is 4.98 Å². The number of amides is 2. The third-order valence-electron chi connectivity index (χ3n) is 7.45. The molecule has 3 N–H and O–H groups in total. The normalized spacial score (nSPS) is 21.2. The highest BCUT2D eigenvalue weighted by Gasteiger charge is 2.52. The molecular formula is C28H34ClF3N4O4. The second-order valence-corrected chi connectivity index (χ2v) is 11.8. The lowest BCUT2D eigenvalue weighted by Gasteiger charge is -2.47. The number of carbonyl (C=O) groups excluding carboxylic acids is 2. The number of pyridine rings is 1. The molecule has 8 nitrogen and oxygen atoms in total. The van der Waals surface area contributed by atoms with Gasteiger partial charge in [0.25, 0.3) is 11.8 Å². The molecule has 2 saturated heterocycles. The molecular weight excluding hydrogens is 549 g/mol. The van der Waals surface area contributed by atoms with Crippen LogP contribution in [-0.4, -0.2) is 51.9 Å². The Labute approximate surface area is 236 Å². The van der Waals surface area contributed by atoms with E-state index in [9.17, 15) is 27.9 Å². The Balaban J connectivity index is 1.59. The number of aromatic nitrogens is 1. The van der Waals surface area contributed by atoms with Crippen LogP contribution in [0.2, 0.25) is 5.02 Å². The summed E-state index contributed by atoms with van der Waals surface area (Å²) in [5.41, 5.74) is -2.78. The van der Waals surface area contributed by atoms with Gasteiger partial charge in [-0.2, -0.15) is 13.2 Å². The number of fused-ring (bicyclic) bond motifs is 2. The first-order valence-electron chi connectivity index (χ1n) is 13.2. The van der Waals surface area contributed by atoms with Crippen LogP contribution >= 0.6 is 11.6 Å². The third kappa shape index (κ3) is 6.30. The quantitative estimate of drug-likeness (QED) is 0.401. The van der Waals surface area contributed by atoms with Crippen LogP contribution in [0.25, 0.3) is 0 Å². The fourth-order valence-electron chi connectivity index (χ4n) is 5.40. The summed E-state index contributed by atoms with van der Waals surface area (Å²) in [4.78, 5) is 32.8. The first-order chi connectivity index (χ1) is 18.5. The van der Waals surface area contributed by atoms with E-state index in [-0.39, 0.29) is 28.2 Å². The molecule has 0 spiro atoms. The largest absolute Gasteiger partial charge is 0.476 e. The molecule has 3 heterocycles. The lowest BCUT2D eigenvalue weighted by atomic mass is 9.94. The molecule has 0 aliphatic carbocycles. The maximum atomic E-state index is 13.7. The summed E-state index contributed by atoms with van der Waals surface area (Å²) < 4.78 is 44.4. The highest BCUT2D eigenvalue weighted by Crippen LogP contribution is 2.46. The maximum absolute atomic E-state index is 13.7. The fourth-order valence-corrected chi connectivity index (χ4v) is 5.62. The number of alkyl halides is 3. The lowest BCUT2D eigenvalue weighted by molar-refractivity contribution is -0.136. The predicted octanol–water partition coefficient (Wildman–Crippen LogP) is 5.08. The van der Waals surface area contributed by atoms with Crippen molar-refractivity contribution in [1.82, 2.24) is 15.6 Å². The molecule has 2 aliphatic rings. The zero-order chi connectivity index (χ0) is 29.5. The van der Waals surface area contributed by atoms with Gasteiger partial charge in [0.2, 0.25) is 0 Å². The van der Waals surface area contributed by atoms with E-state index in [1.54, 1.807) is 45.9 Å². The number of hydrogen-bond donors (Lipinski definition) is 3. The highest BCUT2D eigenvalue weighted by molar-refractivity contribution is 6.32. The van der Waals surface area contributed by atoms with Crippen molar-refractivity contribution in [3.8, 4) is 5.75 Å². The Morgan fingerprint density at radius 2 is 1.90 bits per heavy atom. The molecule has 0 saturated carbocycles. The van der Waals surface area contributed by atoms with Gasteiger partial charge in [-0.3, -0.25) is 9.59 Å². The third-order valence-corrected chi connectivity index (χ3v) is 7.75. The first-order valence-corrected chi connectivity index (χ1v) is 13.5.